The van der Waals surface area contributed by atoms with Crippen LogP contribution in [0.15, 0.2) is 48.5 Å². The fraction of sp³-hybridized carbons (Fsp3) is 0.464. The molecule has 35 heavy (non-hydrogen) atoms. The molecule has 2 aromatic carbocycles. The first-order chi connectivity index (χ1) is 16.8. The first-order valence-electron chi connectivity index (χ1n) is 12.4. The Morgan fingerprint density at radius 1 is 1.03 bits per heavy atom. The molecule has 0 aromatic heterocycles. The molecule has 3 aliphatic carbocycles. The number of nitrogens with one attached hydrogen (secondary N) is 2. The predicted molar refractivity (Wildman–Crippen MR) is 131 cm³/mol. The molecular formula is C28H32N2O5. The van der Waals surface area contributed by atoms with Crippen molar-refractivity contribution in [3.8, 4) is 11.1 Å². The molecule has 1 spiro atoms. The Bertz CT molecular complexity index is 1130. The number of alkyl carbamates (subject to hydrolysis) is 1. The molecule has 2 saturated carbocycles. The van der Waals surface area contributed by atoms with Crippen LogP contribution in [0.3, 0.4) is 0 Å². The average Bonchev–Trinajstić information content (AvgIpc) is 3.44. The molecule has 2 atom stereocenters. The zero-order valence-electron chi connectivity index (χ0n) is 20.2. The number of benzene rings is 2. The van der Waals surface area contributed by atoms with Gasteiger partial charge in [0, 0.05) is 12.5 Å². The molecule has 0 heterocycles. The number of fused-ring (bicyclic) bond motifs is 3. The van der Waals surface area contributed by atoms with Crippen molar-refractivity contribution in [2.75, 3.05) is 13.2 Å². The fourth-order valence-corrected chi connectivity index (χ4v) is 6.07. The van der Waals surface area contributed by atoms with Crippen LogP contribution in [0.2, 0.25) is 0 Å². The number of hydrogen-bond donors (Lipinski definition) is 3. The van der Waals surface area contributed by atoms with Gasteiger partial charge in [-0.2, -0.15) is 0 Å². The normalized spacial score (nSPS) is 22.0. The van der Waals surface area contributed by atoms with Crippen LogP contribution < -0.4 is 10.6 Å². The van der Waals surface area contributed by atoms with E-state index in [4.69, 9.17) is 4.74 Å². The van der Waals surface area contributed by atoms with Crippen molar-refractivity contribution in [1.29, 1.82) is 0 Å². The summed E-state index contributed by atoms with van der Waals surface area (Å²) < 4.78 is 5.60. The molecule has 5 rings (SSSR count). The van der Waals surface area contributed by atoms with Gasteiger partial charge in [-0.05, 0) is 52.8 Å². The first-order valence-corrected chi connectivity index (χ1v) is 12.4. The second-order valence-electron chi connectivity index (χ2n) is 10.6. The molecule has 0 aliphatic heterocycles. The molecule has 2 amide bonds. The molecular weight excluding hydrogens is 444 g/mol. The standard InChI is InChI=1S/C28H32N2O5/c1-17(2)23(24(31)29-16-28(25(32)33)15-27(28)12-7-13-27)30-26(34)35-14-22-20-10-5-3-8-18(20)19-9-4-6-11-21(19)22/h3-6,8-11,17,22-23H,7,12-16H2,1-2H3,(H,29,31)(H,30,34)(H,32,33). The lowest BCUT2D eigenvalue weighted by Crippen LogP contribution is -2.52. The molecule has 7 nitrogen and oxygen atoms in total. The Hall–Kier alpha value is -3.35. The van der Waals surface area contributed by atoms with Crippen molar-refractivity contribution < 1.29 is 24.2 Å². The predicted octanol–water partition coefficient (Wildman–Crippen LogP) is 4.31. The van der Waals surface area contributed by atoms with Gasteiger partial charge in [0.2, 0.25) is 5.91 Å². The van der Waals surface area contributed by atoms with Crippen molar-refractivity contribution in [3.05, 3.63) is 59.7 Å². The second-order valence-corrected chi connectivity index (χ2v) is 10.6. The van der Waals surface area contributed by atoms with E-state index in [0.29, 0.717) is 6.42 Å². The van der Waals surface area contributed by atoms with Crippen molar-refractivity contribution >= 4 is 18.0 Å². The summed E-state index contributed by atoms with van der Waals surface area (Å²) in [6.07, 6.45) is 2.81. The topological polar surface area (TPSA) is 105 Å². The minimum atomic E-state index is -0.869. The Kier molecular flexibility index (Phi) is 5.82. The molecule has 0 radical (unpaired) electrons. The molecule has 0 bridgehead atoms. The molecule has 2 aromatic rings. The van der Waals surface area contributed by atoms with Crippen molar-refractivity contribution in [1.82, 2.24) is 10.6 Å². The van der Waals surface area contributed by atoms with Crippen LogP contribution in [0, 0.1) is 16.7 Å². The van der Waals surface area contributed by atoms with Gasteiger partial charge in [0.1, 0.15) is 12.6 Å². The van der Waals surface area contributed by atoms with Gasteiger partial charge in [0.15, 0.2) is 0 Å². The van der Waals surface area contributed by atoms with E-state index in [2.05, 4.69) is 34.9 Å². The Morgan fingerprint density at radius 2 is 1.63 bits per heavy atom. The van der Waals surface area contributed by atoms with E-state index >= 15 is 0 Å². The molecule has 3 N–H and O–H groups in total. The van der Waals surface area contributed by atoms with E-state index in [1.807, 2.05) is 38.1 Å². The van der Waals surface area contributed by atoms with Gasteiger partial charge >= 0.3 is 12.1 Å². The summed E-state index contributed by atoms with van der Waals surface area (Å²) in [5.74, 6) is -1.48. The van der Waals surface area contributed by atoms with E-state index in [1.165, 1.54) is 0 Å². The summed E-state index contributed by atoms with van der Waals surface area (Å²) in [5, 5.41) is 15.3. The molecule has 0 saturated heterocycles. The first kappa shape index (κ1) is 23.4. The van der Waals surface area contributed by atoms with Gasteiger partial charge in [-0.15, -0.1) is 0 Å². The molecule has 184 valence electrons. The monoisotopic (exact) mass is 476 g/mol. The lowest BCUT2D eigenvalue weighted by molar-refractivity contribution is -0.146. The number of amides is 2. The van der Waals surface area contributed by atoms with Crippen LogP contribution in [0.25, 0.3) is 11.1 Å². The minimum absolute atomic E-state index is 0.0663. The molecule has 2 fully saturated rings. The van der Waals surface area contributed by atoms with Gasteiger partial charge in [-0.25, -0.2) is 4.79 Å². The summed E-state index contributed by atoms with van der Waals surface area (Å²) in [5.41, 5.74) is 3.51. The third-order valence-electron chi connectivity index (χ3n) is 8.38. The van der Waals surface area contributed by atoms with Crippen LogP contribution in [-0.2, 0) is 14.3 Å². The fourth-order valence-electron chi connectivity index (χ4n) is 6.07. The number of carboxylic acid groups (broad SMARTS) is 1. The van der Waals surface area contributed by atoms with Gasteiger partial charge < -0.3 is 20.5 Å². The number of ether oxygens (including phenoxy) is 1. The summed E-state index contributed by atoms with van der Waals surface area (Å²) >= 11 is 0. The number of carbonyl (C=O) groups excluding carboxylic acids is 2. The highest BCUT2D eigenvalue weighted by Gasteiger charge is 2.73. The van der Waals surface area contributed by atoms with Crippen LogP contribution in [0.5, 0.6) is 0 Å². The maximum atomic E-state index is 12.9. The number of carbonyl (C=O) groups is 3. The Morgan fingerprint density at radius 3 is 2.11 bits per heavy atom. The van der Waals surface area contributed by atoms with E-state index in [1.54, 1.807) is 0 Å². The minimum Gasteiger partial charge on any atom is -0.481 e. The lowest BCUT2D eigenvalue weighted by Gasteiger charge is -2.31. The summed E-state index contributed by atoms with van der Waals surface area (Å²) in [6, 6.07) is 15.4. The van der Waals surface area contributed by atoms with E-state index in [-0.39, 0.29) is 36.3 Å². The van der Waals surface area contributed by atoms with Crippen LogP contribution in [0.1, 0.15) is 56.6 Å². The third-order valence-corrected chi connectivity index (χ3v) is 8.38. The van der Waals surface area contributed by atoms with Crippen LogP contribution >= 0.6 is 0 Å². The SMILES string of the molecule is CC(C)C(NC(=O)OCC1c2ccccc2-c2ccccc21)C(=O)NCC1(C(=O)O)CC12CCC2. The number of aliphatic carboxylic acids is 1. The molecule has 7 heteroatoms. The maximum absolute atomic E-state index is 12.9. The van der Waals surface area contributed by atoms with Crippen LogP contribution in [0.4, 0.5) is 4.79 Å². The Balaban J connectivity index is 1.20. The quantitative estimate of drug-likeness (QED) is 0.527. The molecule has 3 aliphatic rings. The third kappa shape index (κ3) is 3.87. The number of hydrogen-bond acceptors (Lipinski definition) is 4. The summed E-state index contributed by atoms with van der Waals surface area (Å²) in [4.78, 5) is 37.6. The Labute approximate surface area is 205 Å². The highest BCUT2D eigenvalue weighted by molar-refractivity contribution is 5.87. The van der Waals surface area contributed by atoms with Gasteiger partial charge in [-0.3, -0.25) is 9.59 Å². The van der Waals surface area contributed by atoms with Crippen molar-refractivity contribution in [3.63, 3.8) is 0 Å². The van der Waals surface area contributed by atoms with E-state index in [0.717, 1.165) is 41.5 Å². The van der Waals surface area contributed by atoms with Gasteiger partial charge in [-0.1, -0.05) is 68.8 Å². The highest BCUT2D eigenvalue weighted by Crippen LogP contribution is 2.73. The summed E-state index contributed by atoms with van der Waals surface area (Å²) in [6.45, 7) is 3.94. The van der Waals surface area contributed by atoms with Gasteiger partial charge in [0.05, 0.1) is 5.41 Å². The zero-order valence-corrected chi connectivity index (χ0v) is 20.2. The lowest BCUT2D eigenvalue weighted by atomic mass is 9.75. The van der Waals surface area contributed by atoms with Crippen molar-refractivity contribution in [2.45, 2.75) is 51.5 Å². The van der Waals surface area contributed by atoms with Crippen LogP contribution in [-0.4, -0.2) is 42.3 Å². The smallest absolute Gasteiger partial charge is 0.407 e. The largest absolute Gasteiger partial charge is 0.481 e. The molecule has 2 unspecified atom stereocenters. The zero-order chi connectivity index (χ0) is 24.8. The van der Waals surface area contributed by atoms with E-state index in [9.17, 15) is 19.5 Å². The number of carboxylic acids is 1. The second kappa shape index (κ2) is 8.70. The van der Waals surface area contributed by atoms with E-state index < -0.39 is 23.5 Å². The average molecular weight is 477 g/mol. The van der Waals surface area contributed by atoms with Gasteiger partial charge in [0.25, 0.3) is 0 Å². The number of rotatable bonds is 8. The maximum Gasteiger partial charge on any atom is 0.407 e. The van der Waals surface area contributed by atoms with Crippen molar-refractivity contribution in [2.24, 2.45) is 16.7 Å². The highest BCUT2D eigenvalue weighted by atomic mass is 16.5. The summed E-state index contributed by atoms with van der Waals surface area (Å²) in [7, 11) is 0.